The quantitative estimate of drug-likeness (QED) is 0.693. The van der Waals surface area contributed by atoms with Crippen LogP contribution >= 0.6 is 11.8 Å². The summed E-state index contributed by atoms with van der Waals surface area (Å²) in [6.07, 6.45) is 4.56. The lowest BCUT2D eigenvalue weighted by atomic mass is 10.1. The third-order valence-corrected chi connectivity index (χ3v) is 4.20. The van der Waals surface area contributed by atoms with E-state index in [1.165, 1.54) is 29.8 Å². The van der Waals surface area contributed by atoms with E-state index in [2.05, 4.69) is 61.6 Å². The maximum absolute atomic E-state index is 3.44. The van der Waals surface area contributed by atoms with E-state index in [1.54, 1.807) is 0 Å². The van der Waals surface area contributed by atoms with E-state index in [-0.39, 0.29) is 0 Å². The highest BCUT2D eigenvalue weighted by Crippen LogP contribution is 2.19. The topological polar surface area (TPSA) is 15.3 Å². The Labute approximate surface area is 123 Å². The normalized spacial score (nSPS) is 12.4. The van der Waals surface area contributed by atoms with Crippen LogP contribution in [0.5, 0.6) is 0 Å². The molecule has 0 saturated carbocycles. The number of thioether (sulfide) groups is 1. The average molecular weight is 280 g/mol. The van der Waals surface area contributed by atoms with E-state index in [4.69, 9.17) is 0 Å². The van der Waals surface area contributed by atoms with Crippen molar-refractivity contribution in [1.29, 1.82) is 0 Å². The summed E-state index contributed by atoms with van der Waals surface area (Å²) in [6.45, 7) is 6.52. The van der Waals surface area contributed by atoms with E-state index in [0.717, 1.165) is 13.1 Å². The Hall–Kier alpha value is -0.670. The Kier molecular flexibility index (Phi) is 7.99. The Morgan fingerprint density at radius 1 is 1.21 bits per heavy atom. The van der Waals surface area contributed by atoms with Gasteiger partial charge in [0.1, 0.15) is 0 Å². The second-order valence-corrected chi connectivity index (χ2v) is 5.88. The number of nitrogens with zero attached hydrogens (tertiary/aromatic N) is 1. The maximum Gasteiger partial charge on any atom is 0.0374 e. The van der Waals surface area contributed by atoms with Gasteiger partial charge in [-0.25, -0.2) is 0 Å². The lowest BCUT2D eigenvalue weighted by molar-refractivity contribution is 0.669. The first kappa shape index (κ1) is 16.4. The van der Waals surface area contributed by atoms with Gasteiger partial charge in [0, 0.05) is 31.1 Å². The average Bonchev–Trinajstić information content (AvgIpc) is 2.45. The second kappa shape index (κ2) is 9.27. The fourth-order valence-corrected chi connectivity index (χ4v) is 3.01. The molecule has 0 amide bonds. The van der Waals surface area contributed by atoms with Crippen molar-refractivity contribution in [2.45, 2.75) is 39.3 Å². The van der Waals surface area contributed by atoms with Gasteiger partial charge >= 0.3 is 0 Å². The van der Waals surface area contributed by atoms with Gasteiger partial charge in [-0.3, -0.25) is 0 Å². The number of hydrogen-bond acceptors (Lipinski definition) is 3. The van der Waals surface area contributed by atoms with Crippen molar-refractivity contribution in [2.75, 3.05) is 30.5 Å². The molecule has 0 spiro atoms. The van der Waals surface area contributed by atoms with Crippen molar-refractivity contribution in [3.63, 3.8) is 0 Å². The zero-order valence-corrected chi connectivity index (χ0v) is 13.6. The molecule has 108 valence electrons. The van der Waals surface area contributed by atoms with Crippen LogP contribution in [0, 0.1) is 0 Å². The highest BCUT2D eigenvalue weighted by atomic mass is 32.2. The van der Waals surface area contributed by atoms with Crippen molar-refractivity contribution in [2.24, 2.45) is 0 Å². The molecule has 0 aliphatic heterocycles. The van der Waals surface area contributed by atoms with Gasteiger partial charge in [0.2, 0.25) is 0 Å². The highest BCUT2D eigenvalue weighted by molar-refractivity contribution is 7.98. The van der Waals surface area contributed by atoms with E-state index < -0.39 is 0 Å². The third-order valence-electron chi connectivity index (χ3n) is 3.48. The largest absolute Gasteiger partial charge is 0.371 e. The molecule has 0 aromatic heterocycles. The molecule has 0 bridgehead atoms. The molecule has 0 aliphatic rings. The molecule has 1 aromatic rings. The fraction of sp³-hybridized carbons (Fsp3) is 0.625. The fourth-order valence-electron chi connectivity index (χ4n) is 2.17. The van der Waals surface area contributed by atoms with Crippen LogP contribution in [0.25, 0.3) is 0 Å². The van der Waals surface area contributed by atoms with Gasteiger partial charge in [-0.05, 0) is 43.3 Å². The number of anilines is 1. The summed E-state index contributed by atoms with van der Waals surface area (Å²) in [6, 6.07) is 9.58. The first-order valence-corrected chi connectivity index (χ1v) is 8.63. The van der Waals surface area contributed by atoms with Gasteiger partial charge in [0.25, 0.3) is 0 Å². The van der Waals surface area contributed by atoms with Crippen LogP contribution in [0.2, 0.25) is 0 Å². The molecule has 1 atom stereocenters. The first-order valence-electron chi connectivity index (χ1n) is 7.24. The first-order chi connectivity index (χ1) is 9.22. The minimum atomic E-state index is 0.624. The van der Waals surface area contributed by atoms with Crippen molar-refractivity contribution >= 4 is 17.4 Å². The smallest absolute Gasteiger partial charge is 0.0374 e. The summed E-state index contributed by atoms with van der Waals surface area (Å²) < 4.78 is 0. The number of nitrogens with one attached hydrogen (secondary N) is 1. The van der Waals surface area contributed by atoms with Crippen LogP contribution in [0.4, 0.5) is 5.69 Å². The summed E-state index contributed by atoms with van der Waals surface area (Å²) in [5, 5.41) is 3.44. The second-order valence-electron chi connectivity index (χ2n) is 4.97. The van der Waals surface area contributed by atoms with Crippen LogP contribution in [0.3, 0.4) is 0 Å². The number of benzene rings is 1. The van der Waals surface area contributed by atoms with Crippen LogP contribution in [0.15, 0.2) is 24.3 Å². The number of rotatable bonds is 9. The van der Waals surface area contributed by atoms with Gasteiger partial charge in [-0.1, -0.05) is 26.0 Å². The minimum absolute atomic E-state index is 0.624. The Morgan fingerprint density at radius 2 is 1.89 bits per heavy atom. The van der Waals surface area contributed by atoms with Gasteiger partial charge in [0.05, 0.1) is 0 Å². The molecule has 0 heterocycles. The molecule has 1 aromatic carbocycles. The molecule has 1 rings (SSSR count). The van der Waals surface area contributed by atoms with Crippen molar-refractivity contribution in [3.05, 3.63) is 29.8 Å². The monoisotopic (exact) mass is 280 g/mol. The Morgan fingerprint density at radius 3 is 2.42 bits per heavy atom. The molecule has 0 saturated heterocycles. The van der Waals surface area contributed by atoms with Gasteiger partial charge < -0.3 is 10.2 Å². The molecular weight excluding hydrogens is 252 g/mol. The van der Waals surface area contributed by atoms with Gasteiger partial charge in [0.15, 0.2) is 0 Å². The summed E-state index contributed by atoms with van der Waals surface area (Å²) >= 11 is 1.92. The maximum atomic E-state index is 3.44. The predicted molar refractivity (Wildman–Crippen MR) is 89.3 cm³/mol. The molecule has 2 nitrogen and oxygen atoms in total. The molecule has 1 N–H and O–H groups in total. The summed E-state index contributed by atoms with van der Waals surface area (Å²) in [5.74, 6) is 1.19. The molecule has 19 heavy (non-hydrogen) atoms. The molecule has 0 radical (unpaired) electrons. The number of hydrogen-bond donors (Lipinski definition) is 1. The predicted octanol–water partition coefficient (Wildman–Crippen LogP) is 3.76. The van der Waals surface area contributed by atoms with Crippen molar-refractivity contribution in [3.8, 4) is 0 Å². The van der Waals surface area contributed by atoms with Crippen LogP contribution in [0.1, 0.15) is 32.3 Å². The lowest BCUT2D eigenvalue weighted by Gasteiger charge is -2.29. The summed E-state index contributed by atoms with van der Waals surface area (Å²) in [5.41, 5.74) is 2.68. The molecule has 3 heteroatoms. The van der Waals surface area contributed by atoms with Crippen molar-refractivity contribution < 1.29 is 0 Å². The Balaban J connectivity index is 2.58. The molecule has 0 aliphatic carbocycles. The molecular formula is C16H28N2S. The Bertz CT molecular complexity index is 337. The van der Waals surface area contributed by atoms with E-state index >= 15 is 0 Å². The minimum Gasteiger partial charge on any atom is -0.371 e. The van der Waals surface area contributed by atoms with E-state index in [1.807, 2.05) is 11.8 Å². The van der Waals surface area contributed by atoms with E-state index in [0.29, 0.717) is 6.04 Å². The summed E-state index contributed by atoms with van der Waals surface area (Å²) in [7, 11) is 2.20. The summed E-state index contributed by atoms with van der Waals surface area (Å²) in [4.78, 5) is 2.40. The molecule has 0 fully saturated rings. The zero-order valence-electron chi connectivity index (χ0n) is 12.8. The van der Waals surface area contributed by atoms with Crippen LogP contribution in [-0.4, -0.2) is 31.6 Å². The molecule has 1 unspecified atom stereocenters. The zero-order chi connectivity index (χ0) is 14.1. The SMILES string of the molecule is CCCNCc1ccc(N(C)C(CC)CSC)cc1. The van der Waals surface area contributed by atoms with Crippen LogP contribution in [-0.2, 0) is 6.54 Å². The van der Waals surface area contributed by atoms with Gasteiger partial charge in [-0.2, -0.15) is 11.8 Å². The highest BCUT2D eigenvalue weighted by Gasteiger charge is 2.12. The lowest BCUT2D eigenvalue weighted by Crippen LogP contribution is -2.33. The van der Waals surface area contributed by atoms with E-state index in [9.17, 15) is 0 Å². The van der Waals surface area contributed by atoms with Crippen LogP contribution < -0.4 is 10.2 Å². The van der Waals surface area contributed by atoms with Crippen molar-refractivity contribution in [1.82, 2.24) is 5.32 Å². The standard InChI is InChI=1S/C16H28N2S/c1-5-11-17-12-14-7-9-16(10-8-14)18(3)15(6-2)13-19-4/h7-10,15,17H,5-6,11-13H2,1-4H3. The van der Waals surface area contributed by atoms with Gasteiger partial charge in [-0.15, -0.1) is 0 Å². The third kappa shape index (κ3) is 5.45.